The molecule has 1 saturated carbocycles. The molecule has 1 saturated heterocycles. The number of halogens is 1. The zero-order valence-corrected chi connectivity index (χ0v) is 13.2. The molecule has 0 radical (unpaired) electrons. The van der Waals surface area contributed by atoms with Crippen LogP contribution in [0, 0.1) is 5.41 Å². The number of alkyl halides is 1. The molecule has 0 aromatic carbocycles. The van der Waals surface area contributed by atoms with Crippen molar-refractivity contribution in [3.05, 3.63) is 0 Å². The topological polar surface area (TPSA) is 37.4 Å². The van der Waals surface area contributed by atoms with Gasteiger partial charge in [0.15, 0.2) is 0 Å². The lowest BCUT2D eigenvalue weighted by atomic mass is 9.82. The van der Waals surface area contributed by atoms with Crippen molar-refractivity contribution in [3.8, 4) is 0 Å². The average Bonchev–Trinajstić information content (AvgIpc) is 2.73. The van der Waals surface area contributed by atoms with E-state index in [-0.39, 0.29) is 17.2 Å². The number of hydrogen-bond acceptors (Lipinski definition) is 2. The number of nitrogens with zero attached hydrogens (tertiary/aromatic N) is 1. The summed E-state index contributed by atoms with van der Waals surface area (Å²) in [6, 6.07) is 0. The summed E-state index contributed by atoms with van der Waals surface area (Å²) in [6.07, 6.45) is 10.1. The second-order valence-corrected chi connectivity index (χ2v) is 6.69. The van der Waals surface area contributed by atoms with Gasteiger partial charge in [0.1, 0.15) is 0 Å². The van der Waals surface area contributed by atoms with Crippen LogP contribution in [0.3, 0.4) is 0 Å². The summed E-state index contributed by atoms with van der Waals surface area (Å²) < 4.78 is 0. The minimum atomic E-state index is 0.0482. The van der Waals surface area contributed by atoms with Gasteiger partial charge in [-0.3, -0.25) is 14.5 Å². The van der Waals surface area contributed by atoms with Gasteiger partial charge in [0.2, 0.25) is 11.8 Å². The number of carbonyl (C=O) groups excluding carboxylic acids is 2. The van der Waals surface area contributed by atoms with Gasteiger partial charge in [-0.2, -0.15) is 0 Å². The highest BCUT2D eigenvalue weighted by Crippen LogP contribution is 2.38. The number of carbonyl (C=O) groups is 2. The normalized spacial score (nSPS) is 25.0. The molecular weight excluding hydrogens is 306 g/mol. The van der Waals surface area contributed by atoms with Crippen molar-refractivity contribution in [3.63, 3.8) is 0 Å². The molecule has 1 aliphatic heterocycles. The minimum absolute atomic E-state index is 0.0482. The molecule has 0 N–H and O–H groups in total. The number of imide groups is 1. The Bertz CT molecular complexity index is 317. The number of rotatable bonds is 3. The van der Waals surface area contributed by atoms with Gasteiger partial charge < -0.3 is 0 Å². The summed E-state index contributed by atoms with van der Waals surface area (Å²) in [7, 11) is 0. The van der Waals surface area contributed by atoms with E-state index < -0.39 is 0 Å². The molecule has 0 unspecified atom stereocenters. The summed E-state index contributed by atoms with van der Waals surface area (Å²) in [4.78, 5) is 25.8. The third-order valence-corrected chi connectivity index (χ3v) is 5.76. The molecule has 1 heterocycles. The van der Waals surface area contributed by atoms with E-state index in [0.717, 1.165) is 31.0 Å². The molecule has 0 atom stereocenters. The van der Waals surface area contributed by atoms with Crippen LogP contribution in [0.5, 0.6) is 0 Å². The molecule has 1 aliphatic carbocycles. The van der Waals surface area contributed by atoms with E-state index in [1.54, 1.807) is 4.90 Å². The highest BCUT2D eigenvalue weighted by molar-refractivity contribution is 9.09. The van der Waals surface area contributed by atoms with Gasteiger partial charge in [0.25, 0.3) is 0 Å². The lowest BCUT2D eigenvalue weighted by Gasteiger charge is -2.35. The fourth-order valence-corrected chi connectivity index (χ4v) is 4.02. The van der Waals surface area contributed by atoms with Crippen LogP contribution in [0.25, 0.3) is 0 Å². The second kappa shape index (κ2) is 6.87. The van der Waals surface area contributed by atoms with Crippen LogP contribution in [-0.4, -0.2) is 28.6 Å². The first kappa shape index (κ1) is 15.0. The highest BCUT2D eigenvalue weighted by Gasteiger charge is 2.36. The van der Waals surface area contributed by atoms with Crippen LogP contribution in [-0.2, 0) is 9.59 Å². The lowest BCUT2D eigenvalue weighted by molar-refractivity contribution is -0.145. The van der Waals surface area contributed by atoms with Gasteiger partial charge in [-0.25, -0.2) is 0 Å². The molecule has 2 fully saturated rings. The van der Waals surface area contributed by atoms with Gasteiger partial charge in [-0.1, -0.05) is 41.6 Å². The molecular formula is C15H24BrNO2. The Hall–Kier alpha value is -0.380. The third kappa shape index (κ3) is 3.80. The van der Waals surface area contributed by atoms with Gasteiger partial charge in [0, 0.05) is 24.7 Å². The van der Waals surface area contributed by atoms with Gasteiger partial charge >= 0.3 is 0 Å². The predicted octanol–water partition coefficient (Wildman–Crippen LogP) is 3.65. The maximum Gasteiger partial charge on any atom is 0.229 e. The molecule has 4 heteroatoms. The molecule has 0 spiro atoms. The zero-order valence-electron chi connectivity index (χ0n) is 11.6. The summed E-state index contributed by atoms with van der Waals surface area (Å²) in [5.41, 5.74) is 0.117. The molecule has 2 rings (SSSR count). The zero-order chi connectivity index (χ0) is 13.7. The number of amides is 2. The molecule has 0 aromatic rings. The van der Waals surface area contributed by atoms with Crippen molar-refractivity contribution in [1.29, 1.82) is 0 Å². The van der Waals surface area contributed by atoms with Crippen molar-refractivity contribution < 1.29 is 9.59 Å². The Morgan fingerprint density at radius 3 is 1.89 bits per heavy atom. The predicted molar refractivity (Wildman–Crippen MR) is 79.1 cm³/mol. The summed E-state index contributed by atoms with van der Waals surface area (Å²) >= 11 is 3.64. The SMILES string of the molecule is O=C1CCCCC(=O)N1CC1(CBr)CCCCCC1. The summed E-state index contributed by atoms with van der Waals surface area (Å²) in [5, 5.41) is 0.900. The minimum Gasteiger partial charge on any atom is -0.282 e. The summed E-state index contributed by atoms with van der Waals surface area (Å²) in [5.74, 6) is 0.0964. The molecule has 2 aliphatic rings. The molecule has 19 heavy (non-hydrogen) atoms. The smallest absolute Gasteiger partial charge is 0.229 e. The van der Waals surface area contributed by atoms with E-state index in [9.17, 15) is 9.59 Å². The van der Waals surface area contributed by atoms with E-state index in [1.807, 2.05) is 0 Å². The monoisotopic (exact) mass is 329 g/mol. The average molecular weight is 330 g/mol. The van der Waals surface area contributed by atoms with Crippen molar-refractivity contribution in [2.24, 2.45) is 5.41 Å². The van der Waals surface area contributed by atoms with Crippen LogP contribution < -0.4 is 0 Å². The van der Waals surface area contributed by atoms with Gasteiger partial charge in [-0.15, -0.1) is 0 Å². The first-order valence-corrected chi connectivity index (χ1v) is 8.68. The Morgan fingerprint density at radius 1 is 0.895 bits per heavy atom. The van der Waals surface area contributed by atoms with Crippen LogP contribution in [0.4, 0.5) is 0 Å². The van der Waals surface area contributed by atoms with Crippen LogP contribution >= 0.6 is 15.9 Å². The summed E-state index contributed by atoms with van der Waals surface area (Å²) in [6.45, 7) is 0.635. The third-order valence-electron chi connectivity index (χ3n) is 4.57. The number of hydrogen-bond donors (Lipinski definition) is 0. The van der Waals surface area contributed by atoms with Gasteiger partial charge in [0.05, 0.1) is 0 Å². The molecule has 108 valence electrons. The lowest BCUT2D eigenvalue weighted by Crippen LogP contribution is -2.44. The molecule has 0 bridgehead atoms. The number of likely N-dealkylation sites (tertiary alicyclic amines) is 1. The van der Waals surface area contributed by atoms with Gasteiger partial charge in [-0.05, 0) is 31.1 Å². The van der Waals surface area contributed by atoms with E-state index in [1.165, 1.54) is 25.7 Å². The van der Waals surface area contributed by atoms with Crippen molar-refractivity contribution in [2.45, 2.75) is 64.2 Å². The van der Waals surface area contributed by atoms with Crippen molar-refractivity contribution in [2.75, 3.05) is 11.9 Å². The standard InChI is InChI=1S/C15H24BrNO2/c16-11-15(9-5-1-2-6-10-15)12-17-13(18)7-3-4-8-14(17)19/h1-12H2. The fourth-order valence-electron chi connectivity index (χ4n) is 3.29. The maximum atomic E-state index is 12.1. The second-order valence-electron chi connectivity index (χ2n) is 6.13. The van der Waals surface area contributed by atoms with Crippen LogP contribution in [0.15, 0.2) is 0 Å². The highest BCUT2D eigenvalue weighted by atomic mass is 79.9. The molecule has 0 aromatic heterocycles. The Morgan fingerprint density at radius 2 is 1.42 bits per heavy atom. The van der Waals surface area contributed by atoms with E-state index in [4.69, 9.17) is 0 Å². The van der Waals surface area contributed by atoms with Crippen LogP contribution in [0.1, 0.15) is 64.2 Å². The Labute approximate surface area is 124 Å². The van der Waals surface area contributed by atoms with Crippen molar-refractivity contribution in [1.82, 2.24) is 4.90 Å². The van der Waals surface area contributed by atoms with E-state index >= 15 is 0 Å². The van der Waals surface area contributed by atoms with Crippen molar-refractivity contribution >= 4 is 27.7 Å². The Balaban J connectivity index is 2.10. The Kier molecular flexibility index (Phi) is 5.43. The van der Waals surface area contributed by atoms with E-state index in [2.05, 4.69) is 15.9 Å². The first-order valence-electron chi connectivity index (χ1n) is 7.56. The quantitative estimate of drug-likeness (QED) is 0.450. The largest absolute Gasteiger partial charge is 0.282 e. The first-order chi connectivity index (χ1) is 9.17. The maximum absolute atomic E-state index is 12.1. The molecule has 3 nitrogen and oxygen atoms in total. The molecule has 2 amide bonds. The van der Waals surface area contributed by atoms with Crippen LogP contribution in [0.2, 0.25) is 0 Å². The van der Waals surface area contributed by atoms with E-state index in [0.29, 0.717) is 19.4 Å². The fraction of sp³-hybridized carbons (Fsp3) is 0.867.